The molecule has 1 atom stereocenters. The molecule has 2 aromatic carbocycles. The largest absolute Gasteiger partial charge is 0.494 e. The second-order valence-electron chi connectivity index (χ2n) is 11.9. The number of hydrogen-bond acceptors (Lipinski definition) is 7. The van der Waals surface area contributed by atoms with Crippen molar-refractivity contribution in [2.75, 3.05) is 26.4 Å². The van der Waals surface area contributed by atoms with E-state index in [1.165, 1.54) is 13.0 Å². The van der Waals surface area contributed by atoms with Gasteiger partial charge in [-0.1, -0.05) is 18.2 Å². The van der Waals surface area contributed by atoms with Crippen LogP contribution in [0, 0.1) is 0 Å². The maximum atomic E-state index is 13.8. The Morgan fingerprint density at radius 1 is 0.953 bits per heavy atom. The van der Waals surface area contributed by atoms with Crippen LogP contribution >= 0.6 is 0 Å². The van der Waals surface area contributed by atoms with Gasteiger partial charge >= 0.3 is 12.3 Å². The molecule has 1 aliphatic rings. The van der Waals surface area contributed by atoms with E-state index in [0.717, 1.165) is 11.0 Å². The fraction of sp³-hybridized carbons (Fsp3) is 0.516. The molecule has 0 aliphatic carbocycles. The van der Waals surface area contributed by atoms with Gasteiger partial charge in [-0.15, -0.1) is 0 Å². The fourth-order valence-corrected chi connectivity index (χ4v) is 4.53. The Labute approximate surface area is 249 Å². The van der Waals surface area contributed by atoms with E-state index in [4.69, 9.17) is 18.9 Å². The van der Waals surface area contributed by atoms with Crippen LogP contribution in [0.2, 0.25) is 0 Å². The summed E-state index contributed by atoms with van der Waals surface area (Å²) >= 11 is 0. The van der Waals surface area contributed by atoms with E-state index in [9.17, 15) is 27.6 Å². The summed E-state index contributed by atoms with van der Waals surface area (Å²) in [6.07, 6.45) is -4.54. The number of alkyl halides is 3. The standard InChI is InChI=1S/C31H39F3N2O7/c1-28(2,3)43-27(39)36-29(4,5)42-20-30(36,6)26(38)35-19-24(37)21-14-15-25(23(18-21)31(32,33)34)41-17-11-10-16-40-22-12-8-7-9-13-22/h7-9,12-15,18H,10-11,16-17,19-20H2,1-6H3,(H,35,38). The lowest BCUT2D eigenvalue weighted by atomic mass is 9.99. The van der Waals surface area contributed by atoms with E-state index in [0.29, 0.717) is 31.3 Å². The highest BCUT2D eigenvalue weighted by Gasteiger charge is 2.57. The number of halogens is 3. The Morgan fingerprint density at radius 2 is 1.58 bits per heavy atom. The Morgan fingerprint density at radius 3 is 2.19 bits per heavy atom. The first-order valence-corrected chi connectivity index (χ1v) is 13.9. The van der Waals surface area contributed by atoms with Gasteiger partial charge in [-0.25, -0.2) is 4.79 Å². The van der Waals surface area contributed by atoms with Crippen LogP contribution in [-0.4, -0.2) is 65.9 Å². The van der Waals surface area contributed by atoms with Gasteiger partial charge < -0.3 is 24.3 Å². The van der Waals surface area contributed by atoms with Crippen LogP contribution in [0.1, 0.15) is 70.3 Å². The molecule has 1 unspecified atom stereocenters. The molecule has 236 valence electrons. The first-order chi connectivity index (χ1) is 19.9. The van der Waals surface area contributed by atoms with Crippen molar-refractivity contribution in [3.8, 4) is 11.5 Å². The first-order valence-electron chi connectivity index (χ1n) is 13.9. The summed E-state index contributed by atoms with van der Waals surface area (Å²) < 4.78 is 63.6. The fourth-order valence-electron chi connectivity index (χ4n) is 4.53. The summed E-state index contributed by atoms with van der Waals surface area (Å²) in [5.41, 5.74) is -4.92. The molecule has 0 spiro atoms. The van der Waals surface area contributed by atoms with Crippen molar-refractivity contribution < 1.29 is 46.5 Å². The number of ketones is 1. The number of hydrogen-bond donors (Lipinski definition) is 1. The number of benzene rings is 2. The van der Waals surface area contributed by atoms with Gasteiger partial charge in [0.2, 0.25) is 5.91 Å². The number of ether oxygens (including phenoxy) is 4. The second-order valence-corrected chi connectivity index (χ2v) is 11.9. The molecular weight excluding hydrogens is 569 g/mol. The molecule has 2 amide bonds. The highest BCUT2D eigenvalue weighted by Crippen LogP contribution is 2.38. The van der Waals surface area contributed by atoms with E-state index < -0.39 is 58.7 Å². The topological polar surface area (TPSA) is 103 Å². The minimum absolute atomic E-state index is 0.0235. The predicted octanol–water partition coefficient (Wildman–Crippen LogP) is 6.00. The lowest BCUT2D eigenvalue weighted by Gasteiger charge is -2.39. The van der Waals surface area contributed by atoms with E-state index in [1.807, 2.05) is 30.3 Å². The number of Topliss-reactive ketones (excluding diaryl/α,β-unsaturated/α-hetero) is 1. The Balaban J connectivity index is 1.61. The van der Waals surface area contributed by atoms with Gasteiger partial charge in [0.25, 0.3) is 0 Å². The van der Waals surface area contributed by atoms with Crippen LogP contribution in [0.25, 0.3) is 0 Å². The number of nitrogens with one attached hydrogen (secondary N) is 1. The summed E-state index contributed by atoms with van der Waals surface area (Å²) in [5, 5.41) is 2.45. The van der Waals surface area contributed by atoms with Crippen molar-refractivity contribution in [2.45, 2.75) is 77.4 Å². The average Bonchev–Trinajstić information content (AvgIpc) is 3.17. The van der Waals surface area contributed by atoms with Crippen molar-refractivity contribution in [1.29, 1.82) is 0 Å². The molecule has 3 rings (SSSR count). The van der Waals surface area contributed by atoms with Crippen LogP contribution < -0.4 is 14.8 Å². The van der Waals surface area contributed by atoms with Crippen LogP contribution in [0.3, 0.4) is 0 Å². The van der Waals surface area contributed by atoms with Crippen LogP contribution in [0.5, 0.6) is 11.5 Å². The normalized spacial score (nSPS) is 18.2. The molecule has 2 aromatic rings. The highest BCUT2D eigenvalue weighted by molar-refractivity contribution is 6.01. The molecule has 12 heteroatoms. The molecule has 1 aliphatic heterocycles. The Hall–Kier alpha value is -3.80. The third-order valence-electron chi connectivity index (χ3n) is 6.63. The molecule has 9 nitrogen and oxygen atoms in total. The van der Waals surface area contributed by atoms with Gasteiger partial charge in [0.15, 0.2) is 5.78 Å². The van der Waals surface area contributed by atoms with E-state index in [1.54, 1.807) is 34.6 Å². The van der Waals surface area contributed by atoms with E-state index in [2.05, 4.69) is 5.32 Å². The zero-order chi connectivity index (χ0) is 32.1. The van der Waals surface area contributed by atoms with Crippen molar-refractivity contribution in [2.24, 2.45) is 0 Å². The van der Waals surface area contributed by atoms with Crippen LogP contribution in [0.15, 0.2) is 48.5 Å². The Kier molecular flexibility index (Phi) is 10.4. The van der Waals surface area contributed by atoms with Gasteiger partial charge in [-0.2, -0.15) is 13.2 Å². The molecule has 1 fully saturated rings. The summed E-state index contributed by atoms with van der Waals surface area (Å²) in [7, 11) is 0. The lowest BCUT2D eigenvalue weighted by molar-refractivity contribution is -0.139. The van der Waals surface area contributed by atoms with Crippen molar-refractivity contribution in [3.05, 3.63) is 59.7 Å². The molecule has 1 heterocycles. The van der Waals surface area contributed by atoms with E-state index >= 15 is 0 Å². The van der Waals surface area contributed by atoms with Crippen LogP contribution in [-0.2, 0) is 20.4 Å². The third-order valence-corrected chi connectivity index (χ3v) is 6.63. The third kappa shape index (κ3) is 8.85. The summed E-state index contributed by atoms with van der Waals surface area (Å²) in [6, 6.07) is 12.2. The minimum atomic E-state index is -4.78. The number of carbonyl (C=O) groups is 3. The zero-order valence-corrected chi connectivity index (χ0v) is 25.3. The molecular formula is C31H39F3N2O7. The van der Waals surface area contributed by atoms with Gasteiger partial charge in [0.1, 0.15) is 28.4 Å². The zero-order valence-electron chi connectivity index (χ0n) is 25.3. The molecule has 0 aromatic heterocycles. The summed E-state index contributed by atoms with van der Waals surface area (Å²) in [5.74, 6) is -1.17. The number of carbonyl (C=O) groups excluding carboxylic acids is 3. The SMILES string of the molecule is CC(C)(C)OC(=O)N1C(C)(C)OCC1(C)C(=O)NCC(=O)c1ccc(OCCCCOc2ccccc2)c(C(F)(F)F)c1. The van der Waals surface area contributed by atoms with Crippen molar-refractivity contribution >= 4 is 17.8 Å². The number of amides is 2. The molecule has 43 heavy (non-hydrogen) atoms. The minimum Gasteiger partial charge on any atom is -0.494 e. The molecule has 1 saturated heterocycles. The summed E-state index contributed by atoms with van der Waals surface area (Å²) in [4.78, 5) is 40.2. The first kappa shape index (κ1) is 33.7. The molecule has 1 N–H and O–H groups in total. The quantitative estimate of drug-likeness (QED) is 0.246. The van der Waals surface area contributed by atoms with Crippen molar-refractivity contribution in [1.82, 2.24) is 10.2 Å². The monoisotopic (exact) mass is 608 g/mol. The number of unbranched alkanes of at least 4 members (excludes halogenated alkanes) is 1. The highest BCUT2D eigenvalue weighted by atomic mass is 19.4. The number of nitrogens with zero attached hydrogens (tertiary/aromatic N) is 1. The lowest BCUT2D eigenvalue weighted by Crippen LogP contribution is -2.62. The second kappa shape index (κ2) is 13.2. The predicted molar refractivity (Wildman–Crippen MR) is 152 cm³/mol. The summed E-state index contributed by atoms with van der Waals surface area (Å²) in [6.45, 7) is 9.33. The number of rotatable bonds is 11. The molecule has 0 saturated carbocycles. The van der Waals surface area contributed by atoms with Crippen molar-refractivity contribution in [3.63, 3.8) is 0 Å². The maximum absolute atomic E-state index is 13.8. The van der Waals surface area contributed by atoms with Gasteiger partial charge in [0.05, 0.1) is 31.9 Å². The van der Waals surface area contributed by atoms with Gasteiger partial charge in [-0.3, -0.25) is 14.5 Å². The number of para-hydroxylation sites is 1. The van der Waals surface area contributed by atoms with Gasteiger partial charge in [-0.05, 0) is 84.7 Å². The average molecular weight is 609 g/mol. The Bertz CT molecular complexity index is 1290. The smallest absolute Gasteiger partial charge is 0.419 e. The van der Waals surface area contributed by atoms with Gasteiger partial charge in [0, 0.05) is 5.56 Å². The van der Waals surface area contributed by atoms with E-state index in [-0.39, 0.29) is 18.8 Å². The van der Waals surface area contributed by atoms with Crippen LogP contribution in [0.4, 0.5) is 18.0 Å². The molecule has 0 radical (unpaired) electrons. The maximum Gasteiger partial charge on any atom is 0.419 e. The molecule has 0 bridgehead atoms.